The van der Waals surface area contributed by atoms with Crippen LogP contribution in [0.15, 0.2) is 47.1 Å². The van der Waals surface area contributed by atoms with Gasteiger partial charge in [-0.1, -0.05) is 12.1 Å². The number of benzene rings is 2. The number of hydrogen-bond donors (Lipinski definition) is 1. The van der Waals surface area contributed by atoms with Gasteiger partial charge in [-0.15, -0.1) is 0 Å². The van der Waals surface area contributed by atoms with Gasteiger partial charge in [0.25, 0.3) is 5.91 Å². The van der Waals surface area contributed by atoms with Gasteiger partial charge in [0.2, 0.25) is 0 Å². The number of furan rings is 1. The molecular formula is C21H20FNO4. The second-order valence-electron chi connectivity index (χ2n) is 6.47. The molecule has 27 heavy (non-hydrogen) atoms. The number of aryl methyl sites for hydroxylation is 2. The molecule has 3 aromatic rings. The van der Waals surface area contributed by atoms with Crippen LogP contribution in [0, 0.1) is 19.7 Å². The molecule has 6 heteroatoms. The molecular weight excluding hydrogens is 349 g/mol. The molecule has 1 amide bonds. The molecule has 1 aromatic heterocycles. The number of ether oxygens (including phenoxy) is 1. The van der Waals surface area contributed by atoms with Crippen LogP contribution < -0.4 is 5.32 Å². The van der Waals surface area contributed by atoms with Crippen molar-refractivity contribution in [2.75, 3.05) is 5.32 Å². The predicted molar refractivity (Wildman–Crippen MR) is 100.0 cm³/mol. The highest BCUT2D eigenvalue weighted by molar-refractivity contribution is 5.95. The monoisotopic (exact) mass is 369 g/mol. The summed E-state index contributed by atoms with van der Waals surface area (Å²) in [4.78, 5) is 24.3. The maximum Gasteiger partial charge on any atom is 0.311 e. The van der Waals surface area contributed by atoms with E-state index in [1.165, 1.54) is 31.4 Å². The molecule has 0 spiro atoms. The molecule has 0 saturated carbocycles. The maximum atomic E-state index is 13.6. The summed E-state index contributed by atoms with van der Waals surface area (Å²) in [5.74, 6) is -1.72. The first-order valence-electron chi connectivity index (χ1n) is 8.57. The number of fused-ring (bicyclic) bond motifs is 1. The second-order valence-corrected chi connectivity index (χ2v) is 6.47. The fraction of sp³-hybridized carbons (Fsp3) is 0.238. The Bertz CT molecular complexity index is 1010. The summed E-state index contributed by atoms with van der Waals surface area (Å²) >= 11 is 0. The zero-order valence-electron chi connectivity index (χ0n) is 15.3. The molecule has 1 atom stereocenters. The number of nitrogens with one attached hydrogen (secondary N) is 1. The molecule has 1 N–H and O–H groups in total. The van der Waals surface area contributed by atoms with E-state index >= 15 is 0 Å². The molecule has 0 unspecified atom stereocenters. The Labute approximate surface area is 156 Å². The Kier molecular flexibility index (Phi) is 5.26. The van der Waals surface area contributed by atoms with Crippen LogP contribution in [-0.4, -0.2) is 18.0 Å². The summed E-state index contributed by atoms with van der Waals surface area (Å²) < 4.78 is 24.3. The first-order valence-corrected chi connectivity index (χ1v) is 8.57. The number of carbonyl (C=O) groups excluding carboxylic acids is 2. The lowest BCUT2D eigenvalue weighted by atomic mass is 10.0. The number of rotatable bonds is 5. The van der Waals surface area contributed by atoms with Gasteiger partial charge in [-0.25, -0.2) is 4.39 Å². The minimum atomic E-state index is -1.06. The van der Waals surface area contributed by atoms with Crippen molar-refractivity contribution in [3.05, 3.63) is 65.2 Å². The quantitative estimate of drug-likeness (QED) is 0.681. The molecule has 0 saturated heterocycles. The molecule has 0 fully saturated rings. The van der Waals surface area contributed by atoms with Crippen LogP contribution in [-0.2, 0) is 20.7 Å². The maximum absolute atomic E-state index is 13.6. The minimum absolute atomic E-state index is 0.0210. The van der Waals surface area contributed by atoms with E-state index in [2.05, 4.69) is 5.32 Å². The van der Waals surface area contributed by atoms with Gasteiger partial charge >= 0.3 is 5.97 Å². The summed E-state index contributed by atoms with van der Waals surface area (Å²) in [6.45, 7) is 5.41. The van der Waals surface area contributed by atoms with Crippen molar-refractivity contribution in [3.63, 3.8) is 0 Å². The van der Waals surface area contributed by atoms with Crippen molar-refractivity contribution in [1.82, 2.24) is 0 Å². The van der Waals surface area contributed by atoms with E-state index in [0.29, 0.717) is 11.1 Å². The van der Waals surface area contributed by atoms with Crippen molar-refractivity contribution in [1.29, 1.82) is 0 Å². The zero-order valence-corrected chi connectivity index (χ0v) is 15.3. The lowest BCUT2D eigenvalue weighted by Crippen LogP contribution is -2.30. The summed E-state index contributed by atoms with van der Waals surface area (Å²) in [6.07, 6.45) is 0.445. The summed E-state index contributed by atoms with van der Waals surface area (Å²) in [7, 11) is 0. The van der Waals surface area contributed by atoms with E-state index in [-0.39, 0.29) is 12.1 Å². The summed E-state index contributed by atoms with van der Waals surface area (Å²) in [5.41, 5.74) is 3.63. The van der Waals surface area contributed by atoms with Crippen molar-refractivity contribution in [2.45, 2.75) is 33.3 Å². The van der Waals surface area contributed by atoms with Crippen molar-refractivity contribution in [2.24, 2.45) is 0 Å². The van der Waals surface area contributed by atoms with Gasteiger partial charge in [0, 0.05) is 10.9 Å². The number of anilines is 1. The van der Waals surface area contributed by atoms with Crippen LogP contribution in [0.25, 0.3) is 11.0 Å². The van der Waals surface area contributed by atoms with Crippen LogP contribution >= 0.6 is 0 Å². The largest absolute Gasteiger partial charge is 0.464 e. The van der Waals surface area contributed by atoms with Crippen LogP contribution in [0.3, 0.4) is 0 Å². The predicted octanol–water partition coefficient (Wildman–Crippen LogP) is 4.30. The zero-order chi connectivity index (χ0) is 19.6. The number of amides is 1. The average molecular weight is 369 g/mol. The van der Waals surface area contributed by atoms with Crippen LogP contribution in [0.4, 0.5) is 10.1 Å². The molecule has 1 heterocycles. The van der Waals surface area contributed by atoms with Gasteiger partial charge in [-0.2, -0.15) is 0 Å². The Balaban J connectivity index is 1.64. The Morgan fingerprint density at radius 1 is 1.19 bits per heavy atom. The molecule has 3 rings (SSSR count). The third-order valence-corrected chi connectivity index (χ3v) is 4.41. The van der Waals surface area contributed by atoms with E-state index in [9.17, 15) is 14.0 Å². The van der Waals surface area contributed by atoms with Gasteiger partial charge in [-0.3, -0.25) is 9.59 Å². The van der Waals surface area contributed by atoms with E-state index < -0.39 is 23.8 Å². The van der Waals surface area contributed by atoms with Gasteiger partial charge in [0.1, 0.15) is 11.4 Å². The highest BCUT2D eigenvalue weighted by atomic mass is 19.1. The second kappa shape index (κ2) is 7.61. The average Bonchev–Trinajstić information content (AvgIpc) is 2.98. The lowest BCUT2D eigenvalue weighted by Gasteiger charge is -2.13. The van der Waals surface area contributed by atoms with E-state index in [0.717, 1.165) is 16.5 Å². The van der Waals surface area contributed by atoms with Crippen molar-refractivity contribution >= 4 is 28.5 Å². The highest BCUT2D eigenvalue weighted by Crippen LogP contribution is 2.25. The first-order chi connectivity index (χ1) is 12.8. The fourth-order valence-corrected chi connectivity index (χ4v) is 2.72. The van der Waals surface area contributed by atoms with E-state index in [4.69, 9.17) is 9.15 Å². The topological polar surface area (TPSA) is 68.5 Å². The van der Waals surface area contributed by atoms with Gasteiger partial charge in [0.05, 0.1) is 18.4 Å². The van der Waals surface area contributed by atoms with E-state index in [1.54, 1.807) is 6.07 Å². The molecule has 0 bridgehead atoms. The summed E-state index contributed by atoms with van der Waals surface area (Å²) in [6, 6.07) is 9.68. The highest BCUT2D eigenvalue weighted by Gasteiger charge is 2.20. The third kappa shape index (κ3) is 4.16. The first kappa shape index (κ1) is 18.6. The standard InChI is InChI=1S/C21H20FNO4/c1-12-8-16-15(11-26-19(16)9-13(12)2)10-20(24)27-14(3)21(25)23-18-7-5-4-6-17(18)22/h4-9,11,14H,10H2,1-3H3,(H,23,25)/t14-/m1/s1. The van der Waals surface area contributed by atoms with Crippen LogP contribution in [0.5, 0.6) is 0 Å². The number of carbonyl (C=O) groups is 2. The minimum Gasteiger partial charge on any atom is -0.464 e. The third-order valence-electron chi connectivity index (χ3n) is 4.41. The Morgan fingerprint density at radius 2 is 1.89 bits per heavy atom. The molecule has 140 valence electrons. The van der Waals surface area contributed by atoms with Gasteiger partial charge in [0.15, 0.2) is 6.10 Å². The molecule has 0 aliphatic carbocycles. The Morgan fingerprint density at radius 3 is 2.63 bits per heavy atom. The van der Waals surface area contributed by atoms with Gasteiger partial charge < -0.3 is 14.5 Å². The molecule has 0 aliphatic heterocycles. The molecule has 0 aliphatic rings. The molecule has 2 aromatic carbocycles. The SMILES string of the molecule is Cc1cc2occ(CC(=O)O[C@H](C)C(=O)Nc3ccccc3F)c2cc1C. The van der Waals surface area contributed by atoms with E-state index in [1.807, 2.05) is 26.0 Å². The molecule has 5 nitrogen and oxygen atoms in total. The van der Waals surface area contributed by atoms with Crippen molar-refractivity contribution in [3.8, 4) is 0 Å². The molecule has 0 radical (unpaired) electrons. The smallest absolute Gasteiger partial charge is 0.311 e. The lowest BCUT2D eigenvalue weighted by molar-refractivity contribution is -0.152. The number of esters is 1. The van der Waals surface area contributed by atoms with Gasteiger partial charge in [-0.05, 0) is 56.2 Å². The number of halogens is 1. The number of hydrogen-bond acceptors (Lipinski definition) is 4. The fourth-order valence-electron chi connectivity index (χ4n) is 2.72. The Hall–Kier alpha value is -3.15. The summed E-state index contributed by atoms with van der Waals surface area (Å²) in [5, 5.41) is 3.25. The number of para-hydroxylation sites is 1. The van der Waals surface area contributed by atoms with Crippen LogP contribution in [0.1, 0.15) is 23.6 Å². The normalized spacial score (nSPS) is 12.0. The van der Waals surface area contributed by atoms with Crippen molar-refractivity contribution < 1.29 is 23.1 Å². The van der Waals surface area contributed by atoms with Crippen LogP contribution in [0.2, 0.25) is 0 Å².